The van der Waals surface area contributed by atoms with Crippen LogP contribution in [0.3, 0.4) is 0 Å². The highest BCUT2D eigenvalue weighted by Crippen LogP contribution is 2.69. The largest absolute Gasteiger partial charge is 0.302 e. The lowest BCUT2D eigenvalue weighted by Crippen LogP contribution is -2.19. The van der Waals surface area contributed by atoms with Gasteiger partial charge in [-0.2, -0.15) is 8.75 Å². The van der Waals surface area contributed by atoms with Crippen LogP contribution in [0, 0.1) is 11.8 Å². The zero-order valence-electron chi connectivity index (χ0n) is 10.2. The van der Waals surface area contributed by atoms with Crippen LogP contribution in [0.2, 0.25) is 0 Å². The molecule has 4 atom stereocenters. The van der Waals surface area contributed by atoms with Crippen LogP contribution >= 0.6 is 11.7 Å². The van der Waals surface area contributed by atoms with E-state index in [9.17, 15) is 8.42 Å². The molecule has 1 aromatic rings. The highest BCUT2D eigenvalue weighted by molar-refractivity contribution is 7.91. The second-order valence-electron chi connectivity index (χ2n) is 5.68. The highest BCUT2D eigenvalue weighted by atomic mass is 32.2. The molecule has 1 aliphatic carbocycles. The quantitative estimate of drug-likeness (QED) is 0.808. The highest BCUT2D eigenvalue weighted by Gasteiger charge is 2.76. The predicted octanol–water partition coefficient (Wildman–Crippen LogP) is 0.535. The molecule has 2 unspecified atom stereocenters. The van der Waals surface area contributed by atoms with Gasteiger partial charge >= 0.3 is 0 Å². The van der Waals surface area contributed by atoms with Crippen molar-refractivity contribution in [3.63, 3.8) is 0 Å². The van der Waals surface area contributed by atoms with E-state index in [2.05, 4.69) is 13.6 Å². The number of rotatable bonds is 4. The van der Waals surface area contributed by atoms with Gasteiger partial charge in [0.1, 0.15) is 5.69 Å². The Labute approximate surface area is 110 Å². The van der Waals surface area contributed by atoms with Crippen molar-refractivity contribution in [1.82, 2.24) is 13.6 Å². The van der Waals surface area contributed by atoms with Crippen LogP contribution in [0.5, 0.6) is 0 Å². The molecule has 7 heteroatoms. The van der Waals surface area contributed by atoms with Gasteiger partial charge in [0.15, 0.2) is 14.9 Å². The summed E-state index contributed by atoms with van der Waals surface area (Å²) in [6.45, 7) is 5.11. The minimum atomic E-state index is -3.23. The third kappa shape index (κ3) is 1.18. The third-order valence-corrected chi connectivity index (χ3v) is 7.23. The summed E-state index contributed by atoms with van der Waals surface area (Å²) in [5, 5.41) is 0.283. The molecule has 98 valence electrons. The lowest BCUT2D eigenvalue weighted by molar-refractivity contribution is 0.405. The second-order valence-corrected chi connectivity index (χ2v) is 8.24. The van der Waals surface area contributed by atoms with E-state index in [0.717, 1.165) is 37.1 Å². The molecule has 1 aromatic heterocycles. The van der Waals surface area contributed by atoms with Crippen LogP contribution in [0.25, 0.3) is 0 Å². The van der Waals surface area contributed by atoms with Crippen LogP contribution in [0.4, 0.5) is 0 Å². The average molecular weight is 285 g/mol. The van der Waals surface area contributed by atoms with Gasteiger partial charge in [-0.1, -0.05) is 6.92 Å². The first kappa shape index (κ1) is 11.3. The minimum Gasteiger partial charge on any atom is -0.302 e. The topological polar surface area (TPSA) is 63.2 Å². The molecular formula is C11H15N3O2S2. The molecule has 0 aromatic carbocycles. The summed E-state index contributed by atoms with van der Waals surface area (Å²) in [7, 11) is -3.23. The molecule has 5 rings (SSSR count). The summed E-state index contributed by atoms with van der Waals surface area (Å²) in [6, 6.07) is 0. The van der Waals surface area contributed by atoms with Gasteiger partial charge in [0.25, 0.3) is 0 Å². The molecule has 0 spiro atoms. The molecule has 3 aliphatic heterocycles. The molecule has 5 nitrogen and oxygen atoms in total. The maximum absolute atomic E-state index is 12.2. The summed E-state index contributed by atoms with van der Waals surface area (Å²) < 4.78 is 32.9. The van der Waals surface area contributed by atoms with Crippen LogP contribution in [0.1, 0.15) is 19.0 Å². The van der Waals surface area contributed by atoms with Gasteiger partial charge in [-0.25, -0.2) is 8.42 Å². The van der Waals surface area contributed by atoms with Crippen molar-refractivity contribution in [3.8, 4) is 0 Å². The number of piperidine rings is 3. The van der Waals surface area contributed by atoms with Crippen LogP contribution < -0.4 is 0 Å². The van der Waals surface area contributed by atoms with E-state index in [-0.39, 0.29) is 16.2 Å². The van der Waals surface area contributed by atoms with E-state index in [1.165, 1.54) is 0 Å². The first-order chi connectivity index (χ1) is 8.59. The summed E-state index contributed by atoms with van der Waals surface area (Å²) >= 11 is 1.05. The number of aromatic nitrogens is 2. The summed E-state index contributed by atoms with van der Waals surface area (Å²) in [5.41, 5.74) is 0.833. The molecule has 4 heterocycles. The van der Waals surface area contributed by atoms with E-state index >= 15 is 0 Å². The van der Waals surface area contributed by atoms with Gasteiger partial charge in [-0.05, 0) is 18.3 Å². The van der Waals surface area contributed by atoms with Crippen molar-refractivity contribution >= 4 is 21.6 Å². The second kappa shape index (κ2) is 3.32. The van der Waals surface area contributed by atoms with Crippen molar-refractivity contribution in [2.75, 3.05) is 25.4 Å². The summed E-state index contributed by atoms with van der Waals surface area (Å²) in [5.74, 6) is 1.45. The fraction of sp³-hybridized carbons (Fsp3) is 0.818. The van der Waals surface area contributed by atoms with Crippen molar-refractivity contribution in [3.05, 3.63) is 5.69 Å². The van der Waals surface area contributed by atoms with Crippen LogP contribution in [0.15, 0.2) is 5.03 Å². The smallest absolute Gasteiger partial charge is 0.198 e. The van der Waals surface area contributed by atoms with Crippen molar-refractivity contribution in [2.45, 2.75) is 23.8 Å². The van der Waals surface area contributed by atoms with Crippen molar-refractivity contribution < 1.29 is 8.42 Å². The van der Waals surface area contributed by atoms with Crippen LogP contribution in [-0.2, 0) is 15.3 Å². The molecule has 0 N–H and O–H groups in total. The molecule has 4 bridgehead atoms. The Morgan fingerprint density at radius 3 is 2.67 bits per heavy atom. The number of hydrogen-bond donors (Lipinski definition) is 0. The molecule has 0 amide bonds. The predicted molar refractivity (Wildman–Crippen MR) is 67.4 cm³/mol. The van der Waals surface area contributed by atoms with Gasteiger partial charge in [0.2, 0.25) is 0 Å². The Balaban J connectivity index is 1.79. The minimum absolute atomic E-state index is 0.0448. The Kier molecular flexibility index (Phi) is 2.08. The molecular weight excluding hydrogens is 270 g/mol. The average Bonchev–Trinajstić information content (AvgIpc) is 2.94. The van der Waals surface area contributed by atoms with Gasteiger partial charge in [0.05, 0.1) is 17.5 Å². The Hall–Kier alpha value is -0.530. The van der Waals surface area contributed by atoms with Gasteiger partial charge in [0, 0.05) is 25.0 Å². The Morgan fingerprint density at radius 1 is 1.39 bits per heavy atom. The molecule has 18 heavy (non-hydrogen) atoms. The van der Waals surface area contributed by atoms with Gasteiger partial charge in [-0.3, -0.25) is 0 Å². The zero-order chi connectivity index (χ0) is 12.5. The van der Waals surface area contributed by atoms with E-state index in [0.29, 0.717) is 18.3 Å². The summed E-state index contributed by atoms with van der Waals surface area (Å²) in [6.07, 6.45) is 0.630. The molecule has 1 saturated carbocycles. The van der Waals surface area contributed by atoms with Crippen molar-refractivity contribution in [2.24, 2.45) is 11.8 Å². The van der Waals surface area contributed by atoms with Gasteiger partial charge < -0.3 is 4.90 Å². The van der Waals surface area contributed by atoms with E-state index in [1.807, 2.05) is 6.92 Å². The number of nitrogens with zero attached hydrogens (tertiary/aromatic N) is 3. The Morgan fingerprint density at radius 2 is 2.11 bits per heavy atom. The van der Waals surface area contributed by atoms with Crippen molar-refractivity contribution in [1.29, 1.82) is 0 Å². The maximum Gasteiger partial charge on any atom is 0.198 e. The fourth-order valence-corrected chi connectivity index (χ4v) is 6.42. The van der Waals surface area contributed by atoms with E-state index in [1.54, 1.807) is 0 Å². The monoisotopic (exact) mass is 285 g/mol. The molecule has 0 radical (unpaired) electrons. The fourth-order valence-electron chi connectivity index (χ4n) is 4.01. The normalized spacial score (nSPS) is 40.4. The summed E-state index contributed by atoms with van der Waals surface area (Å²) in [4.78, 5) is 2.42. The number of sulfone groups is 1. The van der Waals surface area contributed by atoms with E-state index in [4.69, 9.17) is 0 Å². The lowest BCUT2D eigenvalue weighted by atomic mass is 10.0. The molecule has 3 saturated heterocycles. The van der Waals surface area contributed by atoms with Crippen LogP contribution in [-0.4, -0.2) is 47.5 Å². The zero-order valence-corrected chi connectivity index (χ0v) is 11.8. The van der Waals surface area contributed by atoms with Gasteiger partial charge in [-0.15, -0.1) is 0 Å². The first-order valence-corrected chi connectivity index (χ1v) is 8.76. The standard InChI is InChI=1S/C11H15N3O2S2/c1-2-3-18(15,16)10-9(12-17-13-10)11-6-14-4-7(11)8(11)5-14/h7-8H,2-6H2,1H3/t7-,8+,11?. The lowest BCUT2D eigenvalue weighted by Gasteiger charge is -2.10. The molecule has 4 aliphatic rings. The number of hydrogen-bond acceptors (Lipinski definition) is 6. The first-order valence-electron chi connectivity index (χ1n) is 6.38. The SMILES string of the molecule is CCCS(=O)(=O)c1nsnc1C12CN3C[C@@H]1[C@@H]2C3. The maximum atomic E-state index is 12.2. The van der Waals surface area contributed by atoms with E-state index < -0.39 is 9.84 Å². The third-order valence-electron chi connectivity index (χ3n) is 4.76. The molecule has 4 fully saturated rings. The Bertz CT molecular complexity index is 598.